The van der Waals surface area contributed by atoms with Gasteiger partial charge in [0.25, 0.3) is 11.8 Å². The molecular formula is C20H24N2O2S. The number of hydrogen-bond acceptors (Lipinski definition) is 3. The van der Waals surface area contributed by atoms with Gasteiger partial charge < -0.3 is 10.6 Å². The van der Waals surface area contributed by atoms with E-state index in [1.807, 2.05) is 58.0 Å². The fourth-order valence-electron chi connectivity index (χ4n) is 2.53. The second-order valence-corrected chi connectivity index (χ2v) is 8.73. The van der Waals surface area contributed by atoms with E-state index in [9.17, 15) is 9.59 Å². The number of hydrogen-bond donors (Lipinski definition) is 2. The van der Waals surface area contributed by atoms with E-state index in [1.165, 1.54) is 11.3 Å². The van der Waals surface area contributed by atoms with Crippen LogP contribution in [0.5, 0.6) is 0 Å². The van der Waals surface area contributed by atoms with Crippen LogP contribution in [0, 0.1) is 6.92 Å². The van der Waals surface area contributed by atoms with Crippen molar-refractivity contribution in [2.24, 2.45) is 0 Å². The molecule has 2 amide bonds. The zero-order valence-corrected chi connectivity index (χ0v) is 15.9. The molecule has 0 aliphatic heterocycles. The number of amides is 2. The largest absolute Gasteiger partial charge is 0.349 e. The van der Waals surface area contributed by atoms with Crippen LogP contribution >= 0.6 is 11.3 Å². The van der Waals surface area contributed by atoms with E-state index in [-0.39, 0.29) is 17.4 Å². The molecule has 1 heterocycles. The quantitative estimate of drug-likeness (QED) is 0.865. The molecule has 0 radical (unpaired) electrons. The van der Waals surface area contributed by atoms with Crippen LogP contribution in [0.25, 0.3) is 10.4 Å². The lowest BCUT2D eigenvalue weighted by Crippen LogP contribution is -2.40. The van der Waals surface area contributed by atoms with E-state index in [4.69, 9.17) is 0 Å². The Hall–Kier alpha value is -2.14. The Kier molecular flexibility index (Phi) is 4.69. The SMILES string of the molecule is Cc1ccc(C(=O)NC2CC2)cc1-c1ccc(C(=O)NC(C)(C)C)s1. The normalized spacial score (nSPS) is 14.2. The molecule has 1 fully saturated rings. The van der Waals surface area contributed by atoms with Crippen LogP contribution in [0.3, 0.4) is 0 Å². The topological polar surface area (TPSA) is 58.2 Å². The molecule has 4 nitrogen and oxygen atoms in total. The molecule has 2 N–H and O–H groups in total. The number of benzene rings is 1. The predicted octanol–water partition coefficient (Wildman–Crippen LogP) is 4.14. The Morgan fingerprint density at radius 2 is 1.80 bits per heavy atom. The van der Waals surface area contributed by atoms with Gasteiger partial charge in [0.1, 0.15) is 0 Å². The number of thiophene rings is 1. The summed E-state index contributed by atoms with van der Waals surface area (Å²) >= 11 is 1.45. The highest BCUT2D eigenvalue weighted by Gasteiger charge is 2.24. The molecule has 2 aromatic rings. The lowest BCUT2D eigenvalue weighted by molar-refractivity contribution is 0.0921. The van der Waals surface area contributed by atoms with E-state index in [0.717, 1.165) is 28.8 Å². The van der Waals surface area contributed by atoms with Crippen molar-refractivity contribution in [3.8, 4) is 10.4 Å². The third kappa shape index (κ3) is 4.48. The molecule has 5 heteroatoms. The van der Waals surface area contributed by atoms with Gasteiger partial charge in [0, 0.05) is 22.0 Å². The molecule has 0 unspecified atom stereocenters. The van der Waals surface area contributed by atoms with Gasteiger partial charge in [0.15, 0.2) is 0 Å². The molecular weight excluding hydrogens is 332 g/mol. The molecule has 0 spiro atoms. The van der Waals surface area contributed by atoms with Crippen LogP contribution in [0.4, 0.5) is 0 Å². The minimum Gasteiger partial charge on any atom is -0.349 e. The lowest BCUT2D eigenvalue weighted by atomic mass is 10.0. The van der Waals surface area contributed by atoms with E-state index < -0.39 is 0 Å². The van der Waals surface area contributed by atoms with Gasteiger partial charge in [-0.05, 0) is 75.9 Å². The Morgan fingerprint density at radius 1 is 1.08 bits per heavy atom. The van der Waals surface area contributed by atoms with Crippen molar-refractivity contribution in [3.63, 3.8) is 0 Å². The minimum atomic E-state index is -0.266. The third-order valence-corrected chi connectivity index (χ3v) is 5.11. The van der Waals surface area contributed by atoms with Crippen LogP contribution in [-0.2, 0) is 0 Å². The van der Waals surface area contributed by atoms with E-state index in [1.54, 1.807) is 0 Å². The smallest absolute Gasteiger partial charge is 0.261 e. The van der Waals surface area contributed by atoms with Crippen molar-refractivity contribution in [2.75, 3.05) is 0 Å². The summed E-state index contributed by atoms with van der Waals surface area (Å²) in [6.07, 6.45) is 2.14. The maximum absolute atomic E-state index is 12.3. The van der Waals surface area contributed by atoms with Gasteiger partial charge in [-0.3, -0.25) is 9.59 Å². The second-order valence-electron chi connectivity index (χ2n) is 7.65. The van der Waals surface area contributed by atoms with Crippen LogP contribution in [0.15, 0.2) is 30.3 Å². The van der Waals surface area contributed by atoms with Crippen LogP contribution < -0.4 is 10.6 Å². The first-order valence-electron chi connectivity index (χ1n) is 8.57. The molecule has 3 rings (SSSR count). The monoisotopic (exact) mass is 356 g/mol. The first kappa shape index (κ1) is 17.7. The number of rotatable bonds is 4. The third-order valence-electron chi connectivity index (χ3n) is 4.00. The van der Waals surface area contributed by atoms with Crippen LogP contribution in [0.2, 0.25) is 0 Å². The highest BCUT2D eigenvalue weighted by Crippen LogP contribution is 2.32. The van der Waals surface area contributed by atoms with E-state index in [0.29, 0.717) is 16.5 Å². The van der Waals surface area contributed by atoms with Gasteiger partial charge in [-0.1, -0.05) is 6.07 Å². The molecule has 0 atom stereocenters. The molecule has 1 saturated carbocycles. The van der Waals surface area contributed by atoms with Gasteiger partial charge in [-0.15, -0.1) is 11.3 Å². The number of carbonyl (C=O) groups is 2. The molecule has 1 aromatic heterocycles. The standard InChI is InChI=1S/C20H24N2O2S/c1-12-5-6-13(18(23)21-14-7-8-14)11-15(12)16-9-10-17(25-16)19(24)22-20(2,3)4/h5-6,9-11,14H,7-8H2,1-4H3,(H,21,23)(H,22,24). The average Bonchev–Trinajstić information content (AvgIpc) is 3.18. The fraction of sp³-hybridized carbons (Fsp3) is 0.400. The zero-order valence-electron chi connectivity index (χ0n) is 15.1. The molecule has 0 saturated heterocycles. The van der Waals surface area contributed by atoms with Gasteiger partial charge in [0.05, 0.1) is 4.88 Å². The van der Waals surface area contributed by atoms with E-state index >= 15 is 0 Å². The summed E-state index contributed by atoms with van der Waals surface area (Å²) in [5, 5.41) is 6.00. The van der Waals surface area contributed by atoms with Crippen LogP contribution in [-0.4, -0.2) is 23.4 Å². The number of carbonyl (C=O) groups excluding carboxylic acids is 2. The molecule has 1 aliphatic carbocycles. The van der Waals surface area contributed by atoms with Crippen molar-refractivity contribution in [1.29, 1.82) is 0 Å². The zero-order chi connectivity index (χ0) is 18.2. The fourth-order valence-corrected chi connectivity index (χ4v) is 3.51. The highest BCUT2D eigenvalue weighted by atomic mass is 32.1. The first-order chi connectivity index (χ1) is 11.7. The van der Waals surface area contributed by atoms with Gasteiger partial charge in [-0.2, -0.15) is 0 Å². The summed E-state index contributed by atoms with van der Waals surface area (Å²) in [7, 11) is 0. The van der Waals surface area contributed by atoms with E-state index in [2.05, 4.69) is 10.6 Å². The Bertz CT molecular complexity index is 813. The summed E-state index contributed by atoms with van der Waals surface area (Å²) < 4.78 is 0. The average molecular weight is 356 g/mol. The molecule has 1 aromatic carbocycles. The first-order valence-corrected chi connectivity index (χ1v) is 9.39. The van der Waals surface area contributed by atoms with Gasteiger partial charge in [-0.25, -0.2) is 0 Å². The van der Waals surface area contributed by atoms with Crippen molar-refractivity contribution in [2.45, 2.75) is 52.1 Å². The highest BCUT2D eigenvalue weighted by molar-refractivity contribution is 7.17. The molecule has 25 heavy (non-hydrogen) atoms. The summed E-state index contributed by atoms with van der Waals surface area (Å²) in [6, 6.07) is 9.88. The Morgan fingerprint density at radius 3 is 2.44 bits per heavy atom. The van der Waals surface area contributed by atoms with Gasteiger partial charge in [0.2, 0.25) is 0 Å². The summed E-state index contributed by atoms with van der Waals surface area (Å²) in [4.78, 5) is 26.3. The van der Waals surface area contributed by atoms with Crippen molar-refractivity contribution in [1.82, 2.24) is 10.6 Å². The number of nitrogens with one attached hydrogen (secondary N) is 2. The van der Waals surface area contributed by atoms with Crippen LogP contribution in [0.1, 0.15) is 59.2 Å². The summed E-state index contributed by atoms with van der Waals surface area (Å²) in [5.41, 5.74) is 2.50. The lowest BCUT2D eigenvalue weighted by Gasteiger charge is -2.19. The summed E-state index contributed by atoms with van der Waals surface area (Å²) in [6.45, 7) is 7.91. The molecule has 132 valence electrons. The van der Waals surface area contributed by atoms with Gasteiger partial charge >= 0.3 is 0 Å². The van der Waals surface area contributed by atoms with Crippen molar-refractivity contribution < 1.29 is 9.59 Å². The maximum Gasteiger partial charge on any atom is 0.261 e. The van der Waals surface area contributed by atoms with Crippen molar-refractivity contribution >= 4 is 23.2 Å². The second kappa shape index (κ2) is 6.64. The van der Waals surface area contributed by atoms with Crippen molar-refractivity contribution in [3.05, 3.63) is 46.3 Å². The maximum atomic E-state index is 12.3. The minimum absolute atomic E-state index is 0.0222. The molecule has 1 aliphatic rings. The Labute approximate surface area is 152 Å². The predicted molar refractivity (Wildman–Crippen MR) is 102 cm³/mol. The molecule has 0 bridgehead atoms. The Balaban J connectivity index is 1.83. The number of aryl methyl sites for hydroxylation is 1. The summed E-state index contributed by atoms with van der Waals surface area (Å²) in [5.74, 6) is -0.0879.